The highest BCUT2D eigenvalue weighted by Crippen LogP contribution is 2.46. The number of fused-ring (bicyclic) bond motifs is 4. The van der Waals surface area contributed by atoms with Gasteiger partial charge in [-0.2, -0.15) is 4.57 Å². The van der Waals surface area contributed by atoms with Gasteiger partial charge in [0.1, 0.15) is 6.61 Å². The van der Waals surface area contributed by atoms with E-state index in [0.29, 0.717) is 11.5 Å². The molecule has 4 aromatic carbocycles. The Hall–Kier alpha value is -4.30. The molecule has 0 N–H and O–H groups in total. The molecule has 0 saturated carbocycles. The molecule has 0 spiro atoms. The molecule has 1 aromatic heterocycles. The van der Waals surface area contributed by atoms with Gasteiger partial charge in [0.05, 0.1) is 28.2 Å². The number of aryl methyl sites for hydroxylation is 2. The predicted octanol–water partition coefficient (Wildman–Crippen LogP) is 5.64. The minimum atomic E-state index is -0.408. The van der Waals surface area contributed by atoms with E-state index in [0.717, 1.165) is 51.6 Å². The second-order valence-electron chi connectivity index (χ2n) is 9.00. The number of hydrogen-bond acceptors (Lipinski definition) is 6. The first kappa shape index (κ1) is 23.1. The maximum absolute atomic E-state index is 11.0. The molecule has 186 valence electrons. The van der Waals surface area contributed by atoms with Crippen molar-refractivity contribution in [3.63, 3.8) is 0 Å². The lowest BCUT2D eigenvalue weighted by Crippen LogP contribution is -2.38. The number of nitro benzene ring substituents is 1. The number of pyridine rings is 1. The molecule has 0 radical (unpaired) electrons. The van der Waals surface area contributed by atoms with Crippen molar-refractivity contribution in [3.05, 3.63) is 82.0 Å². The second-order valence-corrected chi connectivity index (χ2v) is 9.00. The van der Waals surface area contributed by atoms with Crippen LogP contribution in [0.25, 0.3) is 32.4 Å². The molecule has 0 unspecified atom stereocenters. The van der Waals surface area contributed by atoms with Crippen LogP contribution in [0.2, 0.25) is 0 Å². The highest BCUT2D eigenvalue weighted by atomic mass is 35.5. The third-order valence-corrected chi connectivity index (χ3v) is 7.09. The Kier molecular flexibility index (Phi) is 5.42. The van der Waals surface area contributed by atoms with Gasteiger partial charge in [0.25, 0.3) is 5.69 Å². The monoisotopic (exact) mass is 517 g/mol. The van der Waals surface area contributed by atoms with Crippen molar-refractivity contribution in [3.8, 4) is 23.0 Å². The Balaban J connectivity index is 0.00000252. The van der Waals surface area contributed by atoms with Gasteiger partial charge < -0.3 is 18.9 Å². The van der Waals surface area contributed by atoms with Crippen molar-refractivity contribution in [1.82, 2.24) is 0 Å². The third kappa shape index (κ3) is 3.48. The van der Waals surface area contributed by atoms with Gasteiger partial charge in [0.15, 0.2) is 35.7 Å². The number of nitro groups is 1. The third-order valence-electron chi connectivity index (χ3n) is 7.09. The standard InChI is InChI=1S/C28H21N2O6.ClH/c1-33-23-9-8-19-20-6-7-21-25-17(12-24-27(21)36-15-35-24)10-11-29(26(20)25)13-22(19)28(23)34-14-16-2-4-18(5-3-16)30(31)32;/h2-9,12-13H,10-11,14-15H2,1H3;1H/q+1;. The summed E-state index contributed by atoms with van der Waals surface area (Å²) in [7, 11) is 1.63. The van der Waals surface area contributed by atoms with Crippen molar-refractivity contribution >= 4 is 50.5 Å². The molecule has 2 aliphatic heterocycles. The van der Waals surface area contributed by atoms with Gasteiger partial charge in [-0.1, -0.05) is 0 Å². The van der Waals surface area contributed by atoms with Gasteiger partial charge in [-0.05, 0) is 53.6 Å². The number of aromatic nitrogens is 1. The number of rotatable bonds is 5. The van der Waals surface area contributed by atoms with Crippen molar-refractivity contribution in [2.75, 3.05) is 13.9 Å². The lowest BCUT2D eigenvalue weighted by atomic mass is 9.93. The fourth-order valence-electron chi connectivity index (χ4n) is 5.41. The van der Waals surface area contributed by atoms with Gasteiger partial charge in [0, 0.05) is 29.3 Å². The van der Waals surface area contributed by atoms with Gasteiger partial charge in [-0.3, -0.25) is 10.1 Å². The largest absolute Gasteiger partial charge is 0.493 e. The number of ether oxygens (including phenoxy) is 4. The summed E-state index contributed by atoms with van der Waals surface area (Å²) < 4.78 is 25.7. The maximum atomic E-state index is 11.0. The summed E-state index contributed by atoms with van der Waals surface area (Å²) in [5.74, 6) is 2.91. The average Bonchev–Trinajstić information content (AvgIpc) is 3.38. The summed E-state index contributed by atoms with van der Waals surface area (Å²) in [5, 5.41) is 16.4. The molecule has 8 nitrogen and oxygen atoms in total. The molecule has 0 bridgehead atoms. The molecule has 0 saturated heterocycles. The van der Waals surface area contributed by atoms with E-state index in [1.54, 1.807) is 19.2 Å². The van der Waals surface area contributed by atoms with Gasteiger partial charge in [-0.25, -0.2) is 0 Å². The number of halogens is 1. The zero-order chi connectivity index (χ0) is 24.4. The first-order chi connectivity index (χ1) is 17.6. The van der Waals surface area contributed by atoms with Crippen LogP contribution in [-0.4, -0.2) is 18.8 Å². The van der Waals surface area contributed by atoms with E-state index in [4.69, 9.17) is 18.9 Å². The quantitative estimate of drug-likeness (QED) is 0.130. The lowest BCUT2D eigenvalue weighted by Gasteiger charge is -2.18. The van der Waals surface area contributed by atoms with Crippen LogP contribution in [0.3, 0.4) is 0 Å². The zero-order valence-corrected chi connectivity index (χ0v) is 20.7. The van der Waals surface area contributed by atoms with Crippen LogP contribution in [0, 0.1) is 10.1 Å². The van der Waals surface area contributed by atoms with Crippen LogP contribution in [0.1, 0.15) is 11.1 Å². The first-order valence-electron chi connectivity index (χ1n) is 11.7. The van der Waals surface area contributed by atoms with Crippen molar-refractivity contribution in [2.24, 2.45) is 0 Å². The van der Waals surface area contributed by atoms with Crippen LogP contribution >= 0.6 is 12.4 Å². The number of non-ortho nitro benzene ring substituents is 1. The number of methoxy groups -OCH3 is 1. The molecule has 0 aliphatic carbocycles. The predicted molar refractivity (Wildman–Crippen MR) is 140 cm³/mol. The minimum absolute atomic E-state index is 0. The summed E-state index contributed by atoms with van der Waals surface area (Å²) in [6.07, 6.45) is 3.02. The fourth-order valence-corrected chi connectivity index (χ4v) is 5.41. The molecule has 37 heavy (non-hydrogen) atoms. The maximum Gasteiger partial charge on any atom is 0.269 e. The van der Waals surface area contributed by atoms with Crippen LogP contribution in [-0.2, 0) is 19.6 Å². The Morgan fingerprint density at radius 1 is 1.00 bits per heavy atom. The molecular formula is C28H22ClN2O6+. The molecule has 0 atom stereocenters. The van der Waals surface area contributed by atoms with Crippen LogP contribution < -0.4 is 23.5 Å². The topological polar surface area (TPSA) is 83.9 Å². The van der Waals surface area contributed by atoms with E-state index in [1.807, 2.05) is 6.07 Å². The Morgan fingerprint density at radius 3 is 2.57 bits per heavy atom. The van der Waals surface area contributed by atoms with Crippen molar-refractivity contribution < 1.29 is 28.4 Å². The summed E-state index contributed by atoms with van der Waals surface area (Å²) in [6.45, 7) is 1.34. The average molecular weight is 518 g/mol. The van der Waals surface area contributed by atoms with E-state index in [2.05, 4.69) is 35.0 Å². The van der Waals surface area contributed by atoms with Gasteiger partial charge in [0.2, 0.25) is 12.3 Å². The molecule has 5 aromatic rings. The lowest BCUT2D eigenvalue weighted by molar-refractivity contribution is -0.670. The summed E-state index contributed by atoms with van der Waals surface area (Å²) in [6, 6.07) is 16.8. The van der Waals surface area contributed by atoms with Crippen LogP contribution in [0.4, 0.5) is 5.69 Å². The molecule has 9 heteroatoms. The van der Waals surface area contributed by atoms with E-state index >= 15 is 0 Å². The van der Waals surface area contributed by atoms with E-state index < -0.39 is 4.92 Å². The Bertz CT molecular complexity index is 1740. The highest BCUT2D eigenvalue weighted by Gasteiger charge is 2.29. The van der Waals surface area contributed by atoms with E-state index in [9.17, 15) is 10.1 Å². The van der Waals surface area contributed by atoms with Crippen molar-refractivity contribution in [1.29, 1.82) is 0 Å². The van der Waals surface area contributed by atoms with Crippen molar-refractivity contribution in [2.45, 2.75) is 19.6 Å². The second kappa shape index (κ2) is 8.67. The SMILES string of the molecule is COc1ccc2c(c[n+]3c4c2ccc2c5c(cc(c24)CC3)OCO5)c1OCc1ccc([N+](=O)[O-])cc1.Cl. The van der Waals surface area contributed by atoms with Crippen LogP contribution in [0.5, 0.6) is 23.0 Å². The first-order valence-corrected chi connectivity index (χ1v) is 11.7. The molecule has 0 amide bonds. The van der Waals surface area contributed by atoms with Gasteiger partial charge >= 0.3 is 0 Å². The molecular weight excluding hydrogens is 496 g/mol. The summed E-state index contributed by atoms with van der Waals surface area (Å²) >= 11 is 0. The normalized spacial score (nSPS) is 13.2. The highest BCUT2D eigenvalue weighted by molar-refractivity contribution is 6.17. The zero-order valence-electron chi connectivity index (χ0n) is 19.9. The minimum Gasteiger partial charge on any atom is -0.493 e. The van der Waals surface area contributed by atoms with E-state index in [-0.39, 0.29) is 31.5 Å². The van der Waals surface area contributed by atoms with E-state index in [1.165, 1.54) is 28.6 Å². The molecule has 3 heterocycles. The smallest absolute Gasteiger partial charge is 0.269 e. The van der Waals surface area contributed by atoms with Crippen LogP contribution in [0.15, 0.2) is 60.8 Å². The number of nitrogens with zero attached hydrogens (tertiary/aromatic N) is 2. The molecule has 0 fully saturated rings. The van der Waals surface area contributed by atoms with Gasteiger partial charge in [-0.15, -0.1) is 12.4 Å². The molecule has 2 aliphatic rings. The Labute approximate surface area is 217 Å². The Morgan fingerprint density at radius 2 is 1.78 bits per heavy atom. The number of benzene rings is 4. The number of hydrogen-bond donors (Lipinski definition) is 0. The molecule has 7 rings (SSSR count). The summed E-state index contributed by atoms with van der Waals surface area (Å²) in [5.41, 5.74) is 3.33. The fraction of sp³-hybridized carbons (Fsp3) is 0.179. The summed E-state index contributed by atoms with van der Waals surface area (Å²) in [4.78, 5) is 10.6.